The molecule has 1 atom stereocenters. The van der Waals surface area contributed by atoms with E-state index in [2.05, 4.69) is 4.74 Å². The van der Waals surface area contributed by atoms with Crippen molar-refractivity contribution < 1.29 is 27.1 Å². The highest BCUT2D eigenvalue weighted by molar-refractivity contribution is 5.82. The van der Waals surface area contributed by atoms with Gasteiger partial charge in [0.15, 0.2) is 23.3 Å². The minimum atomic E-state index is -1.51. The number of esters is 1. The number of nitrogens with zero attached hydrogens (tertiary/aromatic N) is 1. The lowest BCUT2D eigenvalue weighted by Gasteiger charge is -2.40. The van der Waals surface area contributed by atoms with Crippen LogP contribution in [0.5, 0.6) is 0 Å². The van der Waals surface area contributed by atoms with Gasteiger partial charge in [-0.15, -0.1) is 0 Å². The molecule has 0 N–H and O–H groups in total. The second kappa shape index (κ2) is 4.47. The Balaban J connectivity index is 2.43. The second-order valence-electron chi connectivity index (χ2n) is 3.84. The molecule has 1 aliphatic rings. The molecule has 0 amide bonds. The summed E-state index contributed by atoms with van der Waals surface area (Å²) in [5.41, 5.74) is -0.867. The first-order valence-electron chi connectivity index (χ1n) is 5.14. The standard InChI is InChI=1S/C11H9F4NO2/c1-18-11(17)7-2-3-16(7)10-8(14)5(12)4-6(13)9(10)15/h4,7H,2-3H2,1H3. The zero-order chi connectivity index (χ0) is 13.4. The maximum atomic E-state index is 13.5. The number of ether oxygens (including phenoxy) is 1. The number of carbonyl (C=O) groups excluding carboxylic acids is 1. The van der Waals surface area contributed by atoms with Crippen LogP contribution in [0.2, 0.25) is 0 Å². The average molecular weight is 263 g/mol. The van der Waals surface area contributed by atoms with Gasteiger partial charge in [0.25, 0.3) is 0 Å². The van der Waals surface area contributed by atoms with Gasteiger partial charge in [-0.1, -0.05) is 0 Å². The third-order valence-corrected chi connectivity index (χ3v) is 2.87. The number of halogens is 4. The minimum absolute atomic E-state index is 0.122. The van der Waals surface area contributed by atoms with Crippen molar-refractivity contribution in [3.8, 4) is 0 Å². The summed E-state index contributed by atoms with van der Waals surface area (Å²) in [6, 6.07) is -0.790. The predicted octanol–water partition coefficient (Wildman–Crippen LogP) is 1.99. The van der Waals surface area contributed by atoms with Gasteiger partial charge in [0.2, 0.25) is 0 Å². The van der Waals surface area contributed by atoms with Gasteiger partial charge in [-0.3, -0.25) is 0 Å². The molecule has 1 heterocycles. The molecule has 1 fully saturated rings. The van der Waals surface area contributed by atoms with Crippen LogP contribution in [-0.4, -0.2) is 25.7 Å². The number of rotatable bonds is 2. The van der Waals surface area contributed by atoms with Crippen LogP contribution in [-0.2, 0) is 9.53 Å². The van der Waals surface area contributed by atoms with E-state index in [0.29, 0.717) is 6.42 Å². The van der Waals surface area contributed by atoms with Gasteiger partial charge in [0.05, 0.1) is 7.11 Å². The third kappa shape index (κ3) is 1.79. The first kappa shape index (κ1) is 12.7. The van der Waals surface area contributed by atoms with Crippen molar-refractivity contribution >= 4 is 11.7 Å². The van der Waals surface area contributed by atoms with Crippen LogP contribution >= 0.6 is 0 Å². The summed E-state index contributed by atoms with van der Waals surface area (Å²) in [4.78, 5) is 12.2. The molecule has 1 aliphatic heterocycles. The van der Waals surface area contributed by atoms with Crippen molar-refractivity contribution in [2.45, 2.75) is 12.5 Å². The van der Waals surface area contributed by atoms with Gasteiger partial charge in [-0.2, -0.15) is 0 Å². The van der Waals surface area contributed by atoms with Crippen LogP contribution in [0.25, 0.3) is 0 Å². The summed E-state index contributed by atoms with van der Waals surface area (Å²) < 4.78 is 57.4. The van der Waals surface area contributed by atoms with Crippen molar-refractivity contribution in [3.05, 3.63) is 29.3 Å². The third-order valence-electron chi connectivity index (χ3n) is 2.87. The van der Waals surface area contributed by atoms with Crippen molar-refractivity contribution in [3.63, 3.8) is 0 Å². The Morgan fingerprint density at radius 2 is 1.83 bits per heavy atom. The molecule has 2 rings (SSSR count). The molecule has 0 aromatic heterocycles. The van der Waals surface area contributed by atoms with Gasteiger partial charge in [-0.05, 0) is 6.42 Å². The van der Waals surface area contributed by atoms with E-state index in [-0.39, 0.29) is 12.6 Å². The van der Waals surface area contributed by atoms with Crippen molar-refractivity contribution in [2.24, 2.45) is 0 Å². The lowest BCUT2D eigenvalue weighted by Crippen LogP contribution is -2.53. The van der Waals surface area contributed by atoms with E-state index < -0.39 is 41.0 Å². The van der Waals surface area contributed by atoms with Gasteiger partial charge < -0.3 is 9.64 Å². The van der Waals surface area contributed by atoms with Crippen LogP contribution in [0.4, 0.5) is 23.2 Å². The van der Waals surface area contributed by atoms with E-state index in [1.807, 2.05) is 0 Å². The van der Waals surface area contributed by atoms with E-state index >= 15 is 0 Å². The molecule has 0 bridgehead atoms. The smallest absolute Gasteiger partial charge is 0.328 e. The number of anilines is 1. The van der Waals surface area contributed by atoms with Gasteiger partial charge in [0, 0.05) is 12.6 Å². The van der Waals surface area contributed by atoms with E-state index in [9.17, 15) is 22.4 Å². The molecular weight excluding hydrogens is 254 g/mol. The van der Waals surface area contributed by atoms with Crippen LogP contribution in [0.1, 0.15) is 6.42 Å². The Bertz CT molecular complexity index is 480. The van der Waals surface area contributed by atoms with Crippen LogP contribution < -0.4 is 4.90 Å². The van der Waals surface area contributed by atoms with Crippen LogP contribution in [0.3, 0.4) is 0 Å². The van der Waals surface area contributed by atoms with Gasteiger partial charge >= 0.3 is 5.97 Å². The van der Waals surface area contributed by atoms with Gasteiger partial charge in [-0.25, -0.2) is 22.4 Å². The highest BCUT2D eigenvalue weighted by Gasteiger charge is 2.39. The SMILES string of the molecule is COC(=O)C1CCN1c1c(F)c(F)cc(F)c1F. The van der Waals surface area contributed by atoms with Crippen LogP contribution in [0.15, 0.2) is 6.07 Å². The Morgan fingerprint density at radius 3 is 2.22 bits per heavy atom. The van der Waals surface area contributed by atoms with Crippen LogP contribution in [0, 0.1) is 23.3 Å². The summed E-state index contributed by atoms with van der Waals surface area (Å²) in [5.74, 6) is -6.73. The highest BCUT2D eigenvalue weighted by atomic mass is 19.2. The lowest BCUT2D eigenvalue weighted by atomic mass is 10.0. The summed E-state index contributed by atoms with van der Waals surface area (Å²) >= 11 is 0. The molecule has 0 radical (unpaired) electrons. The quantitative estimate of drug-likeness (QED) is 0.464. The topological polar surface area (TPSA) is 29.5 Å². The zero-order valence-corrected chi connectivity index (χ0v) is 9.34. The molecule has 0 saturated carbocycles. The maximum Gasteiger partial charge on any atom is 0.328 e. The molecule has 0 spiro atoms. The molecule has 1 aromatic rings. The molecule has 98 valence electrons. The first-order chi connectivity index (χ1) is 8.47. The van der Waals surface area contributed by atoms with Crippen molar-refractivity contribution in [2.75, 3.05) is 18.6 Å². The molecule has 0 aliphatic carbocycles. The molecular formula is C11H9F4NO2. The van der Waals surface area contributed by atoms with Crippen molar-refractivity contribution in [1.82, 2.24) is 0 Å². The average Bonchev–Trinajstić information content (AvgIpc) is 2.30. The summed E-state index contributed by atoms with van der Waals surface area (Å²) in [7, 11) is 1.12. The van der Waals surface area contributed by atoms with E-state index in [1.54, 1.807) is 0 Å². The fourth-order valence-corrected chi connectivity index (χ4v) is 1.85. The Kier molecular flexibility index (Phi) is 3.14. The first-order valence-corrected chi connectivity index (χ1v) is 5.14. The lowest BCUT2D eigenvalue weighted by molar-refractivity contribution is -0.143. The fraction of sp³-hybridized carbons (Fsp3) is 0.364. The number of hydrogen-bond acceptors (Lipinski definition) is 3. The fourth-order valence-electron chi connectivity index (χ4n) is 1.85. The maximum absolute atomic E-state index is 13.5. The van der Waals surface area contributed by atoms with Gasteiger partial charge in [0.1, 0.15) is 11.7 Å². The second-order valence-corrected chi connectivity index (χ2v) is 3.84. The highest BCUT2D eigenvalue weighted by Crippen LogP contribution is 2.34. The predicted molar refractivity (Wildman–Crippen MR) is 54.0 cm³/mol. The number of carbonyl (C=O) groups is 1. The molecule has 7 heteroatoms. The molecule has 1 unspecified atom stereocenters. The largest absolute Gasteiger partial charge is 0.467 e. The summed E-state index contributed by atoms with van der Waals surface area (Å²) in [6.07, 6.45) is 0.309. The summed E-state index contributed by atoms with van der Waals surface area (Å²) in [5, 5.41) is 0. The van der Waals surface area contributed by atoms with Crippen molar-refractivity contribution in [1.29, 1.82) is 0 Å². The summed E-state index contributed by atoms with van der Waals surface area (Å²) in [6.45, 7) is 0.122. The number of benzene rings is 1. The van der Waals surface area contributed by atoms with E-state index in [1.165, 1.54) is 0 Å². The Morgan fingerprint density at radius 1 is 1.28 bits per heavy atom. The zero-order valence-electron chi connectivity index (χ0n) is 9.34. The van der Waals surface area contributed by atoms with E-state index in [4.69, 9.17) is 0 Å². The minimum Gasteiger partial charge on any atom is -0.467 e. The molecule has 3 nitrogen and oxygen atoms in total. The molecule has 1 aromatic carbocycles. The molecule has 1 saturated heterocycles. The molecule has 18 heavy (non-hydrogen) atoms. The van der Waals surface area contributed by atoms with E-state index in [0.717, 1.165) is 12.0 Å². The number of hydrogen-bond donors (Lipinski definition) is 0. The number of methoxy groups -OCH3 is 1. The monoisotopic (exact) mass is 263 g/mol. The Hall–Kier alpha value is -1.79. The Labute approximate surface area is 99.9 Å². The normalized spacial score (nSPS) is 18.5.